The first-order chi connectivity index (χ1) is 18.2. The van der Waals surface area contributed by atoms with Gasteiger partial charge in [0.15, 0.2) is 0 Å². The van der Waals surface area contributed by atoms with Gasteiger partial charge in [-0.05, 0) is 61.7 Å². The van der Waals surface area contributed by atoms with Gasteiger partial charge in [-0.1, -0.05) is 73.5 Å². The van der Waals surface area contributed by atoms with Crippen molar-refractivity contribution in [2.24, 2.45) is 0 Å². The minimum Gasteiger partial charge on any atom is -0.354 e. The van der Waals surface area contributed by atoms with E-state index in [1.54, 1.807) is 66.7 Å². The average Bonchev–Trinajstić information content (AvgIpc) is 2.92. The molecule has 0 fully saturated rings. The summed E-state index contributed by atoms with van der Waals surface area (Å²) in [5.41, 5.74) is 2.10. The van der Waals surface area contributed by atoms with Gasteiger partial charge in [-0.15, -0.1) is 0 Å². The summed E-state index contributed by atoms with van der Waals surface area (Å²) >= 11 is 6.05. The molecule has 3 aromatic rings. The van der Waals surface area contributed by atoms with Crippen LogP contribution in [0.3, 0.4) is 0 Å². The molecule has 0 spiro atoms. The Morgan fingerprint density at radius 3 is 2.13 bits per heavy atom. The van der Waals surface area contributed by atoms with Gasteiger partial charge in [-0.2, -0.15) is 0 Å². The molecule has 0 bridgehead atoms. The number of carbonyl (C=O) groups excluding carboxylic acids is 2. The molecule has 0 aliphatic rings. The molecule has 0 aliphatic carbocycles. The van der Waals surface area contributed by atoms with Gasteiger partial charge >= 0.3 is 0 Å². The van der Waals surface area contributed by atoms with Crippen molar-refractivity contribution in [1.29, 1.82) is 0 Å². The Labute approximate surface area is 230 Å². The molecule has 202 valence electrons. The predicted molar refractivity (Wildman–Crippen MR) is 152 cm³/mol. The number of anilines is 1. The molecule has 2 amide bonds. The van der Waals surface area contributed by atoms with E-state index in [1.807, 2.05) is 20.8 Å². The topological polar surface area (TPSA) is 86.8 Å². The largest absolute Gasteiger partial charge is 0.354 e. The second kappa shape index (κ2) is 13.4. The van der Waals surface area contributed by atoms with Gasteiger partial charge in [0.25, 0.3) is 10.0 Å². The molecule has 1 N–H and O–H groups in total. The smallest absolute Gasteiger partial charge is 0.264 e. The number of nitrogens with one attached hydrogen (secondary N) is 1. The van der Waals surface area contributed by atoms with Gasteiger partial charge in [0, 0.05) is 18.1 Å². The molecule has 7 nitrogen and oxygen atoms in total. The number of sulfonamides is 1. The van der Waals surface area contributed by atoms with Crippen molar-refractivity contribution in [3.8, 4) is 0 Å². The number of aryl methyl sites for hydroxylation is 1. The summed E-state index contributed by atoms with van der Waals surface area (Å²) in [7, 11) is -4.07. The molecule has 0 saturated heterocycles. The normalized spacial score (nSPS) is 12.0. The fourth-order valence-corrected chi connectivity index (χ4v) is 5.59. The van der Waals surface area contributed by atoms with E-state index in [-0.39, 0.29) is 17.3 Å². The molecule has 0 radical (unpaired) electrons. The minimum atomic E-state index is -4.07. The number of nitrogens with zero attached hydrogens (tertiary/aromatic N) is 2. The van der Waals surface area contributed by atoms with Crippen LogP contribution in [0.2, 0.25) is 5.02 Å². The maximum atomic E-state index is 13.9. The predicted octanol–water partition coefficient (Wildman–Crippen LogP) is 5.18. The Morgan fingerprint density at radius 1 is 0.921 bits per heavy atom. The average molecular weight is 556 g/mol. The third-order valence-electron chi connectivity index (χ3n) is 6.13. The van der Waals surface area contributed by atoms with Crippen LogP contribution in [-0.2, 0) is 26.2 Å². The molecule has 3 aromatic carbocycles. The van der Waals surface area contributed by atoms with Crippen LogP contribution in [0, 0.1) is 6.92 Å². The van der Waals surface area contributed by atoms with Crippen LogP contribution in [0.4, 0.5) is 5.69 Å². The Bertz CT molecular complexity index is 1310. The first-order valence-corrected chi connectivity index (χ1v) is 14.4. The number of carbonyl (C=O) groups is 2. The molecule has 9 heteroatoms. The van der Waals surface area contributed by atoms with Crippen LogP contribution >= 0.6 is 11.6 Å². The summed E-state index contributed by atoms with van der Waals surface area (Å²) in [6.07, 6.45) is 1.12. The zero-order valence-corrected chi connectivity index (χ0v) is 23.5. The highest BCUT2D eigenvalue weighted by Crippen LogP contribution is 2.25. The fraction of sp³-hybridized carbons (Fsp3) is 0.310. The second-order valence-corrected chi connectivity index (χ2v) is 11.3. The van der Waals surface area contributed by atoms with Crippen LogP contribution in [0.15, 0.2) is 83.8 Å². The summed E-state index contributed by atoms with van der Waals surface area (Å²) in [5.74, 6) is -0.761. The number of halogens is 1. The Morgan fingerprint density at radius 2 is 1.55 bits per heavy atom. The van der Waals surface area contributed by atoms with Gasteiger partial charge < -0.3 is 10.2 Å². The van der Waals surface area contributed by atoms with Crippen LogP contribution in [-0.4, -0.2) is 44.3 Å². The molecule has 3 rings (SSSR count). The number of amides is 2. The third kappa shape index (κ3) is 7.36. The van der Waals surface area contributed by atoms with Crippen LogP contribution < -0.4 is 9.62 Å². The molecule has 38 heavy (non-hydrogen) atoms. The van der Waals surface area contributed by atoms with Crippen LogP contribution in [0.1, 0.15) is 37.8 Å². The Kier molecular flexibility index (Phi) is 10.3. The lowest BCUT2D eigenvalue weighted by atomic mass is 10.1. The standard InChI is InChI=1S/C29H34ClN3O4S/c1-4-19-31-29(35)27(5-2)32(20-23-13-15-24(30)16-14-23)28(34)21-33(25-17-11-22(3)12-18-25)38(36,37)26-9-7-6-8-10-26/h6-18,27H,4-5,19-21H2,1-3H3,(H,31,35). The van der Waals surface area contributed by atoms with Gasteiger partial charge in [0.2, 0.25) is 11.8 Å². The monoisotopic (exact) mass is 555 g/mol. The van der Waals surface area contributed by atoms with Gasteiger partial charge in [-0.25, -0.2) is 8.42 Å². The zero-order valence-electron chi connectivity index (χ0n) is 21.9. The summed E-state index contributed by atoms with van der Waals surface area (Å²) in [4.78, 5) is 28.5. The quantitative estimate of drug-likeness (QED) is 0.334. The SMILES string of the molecule is CCCNC(=O)C(CC)N(Cc1ccc(Cl)cc1)C(=O)CN(c1ccc(C)cc1)S(=O)(=O)c1ccccc1. The van der Waals surface area contributed by atoms with Crippen LogP contribution in [0.25, 0.3) is 0 Å². The highest BCUT2D eigenvalue weighted by Gasteiger charge is 2.33. The highest BCUT2D eigenvalue weighted by molar-refractivity contribution is 7.92. The molecule has 0 heterocycles. The van der Waals surface area contributed by atoms with E-state index in [4.69, 9.17) is 11.6 Å². The van der Waals surface area contributed by atoms with Crippen LogP contribution in [0.5, 0.6) is 0 Å². The van der Waals surface area contributed by atoms with E-state index in [9.17, 15) is 18.0 Å². The minimum absolute atomic E-state index is 0.0744. The molecule has 1 unspecified atom stereocenters. The van der Waals surface area contributed by atoms with E-state index in [1.165, 1.54) is 17.0 Å². The summed E-state index contributed by atoms with van der Waals surface area (Å²) in [6, 6.07) is 21.2. The number of hydrogen-bond acceptors (Lipinski definition) is 4. The first kappa shape index (κ1) is 29.2. The summed E-state index contributed by atoms with van der Waals surface area (Å²) in [5, 5.41) is 3.43. The zero-order chi connectivity index (χ0) is 27.7. The molecule has 0 aliphatic heterocycles. The maximum absolute atomic E-state index is 13.9. The molecule has 0 aromatic heterocycles. The number of hydrogen-bond donors (Lipinski definition) is 1. The fourth-order valence-electron chi connectivity index (χ4n) is 4.03. The highest BCUT2D eigenvalue weighted by atomic mass is 35.5. The van der Waals surface area contributed by atoms with Crippen molar-refractivity contribution >= 4 is 39.1 Å². The van der Waals surface area contributed by atoms with Crippen molar-refractivity contribution in [1.82, 2.24) is 10.2 Å². The molecule has 1 atom stereocenters. The van der Waals surface area contributed by atoms with Crippen molar-refractivity contribution in [3.05, 3.63) is 95.0 Å². The third-order valence-corrected chi connectivity index (χ3v) is 8.17. The summed E-state index contributed by atoms with van der Waals surface area (Å²) in [6.45, 7) is 5.82. The Balaban J connectivity index is 2.02. The first-order valence-electron chi connectivity index (χ1n) is 12.6. The van der Waals surface area contributed by atoms with E-state index >= 15 is 0 Å². The van der Waals surface area contributed by atoms with Crippen molar-refractivity contribution in [3.63, 3.8) is 0 Å². The van der Waals surface area contributed by atoms with Gasteiger partial charge in [-0.3, -0.25) is 13.9 Å². The van der Waals surface area contributed by atoms with Crippen molar-refractivity contribution in [2.45, 2.75) is 51.1 Å². The number of rotatable bonds is 12. The van der Waals surface area contributed by atoms with Gasteiger partial charge in [0.1, 0.15) is 12.6 Å². The number of benzene rings is 3. The second-order valence-electron chi connectivity index (χ2n) is 9.02. The maximum Gasteiger partial charge on any atom is 0.264 e. The lowest BCUT2D eigenvalue weighted by molar-refractivity contribution is -0.140. The van der Waals surface area contributed by atoms with Crippen molar-refractivity contribution < 1.29 is 18.0 Å². The van der Waals surface area contributed by atoms with E-state index in [0.29, 0.717) is 23.7 Å². The van der Waals surface area contributed by atoms with E-state index in [0.717, 1.165) is 21.9 Å². The molecular weight excluding hydrogens is 522 g/mol. The summed E-state index contributed by atoms with van der Waals surface area (Å²) < 4.78 is 28.6. The molecule has 0 saturated carbocycles. The van der Waals surface area contributed by atoms with E-state index < -0.39 is 28.5 Å². The Hall–Kier alpha value is -3.36. The lowest BCUT2D eigenvalue weighted by Crippen LogP contribution is -2.52. The van der Waals surface area contributed by atoms with Crippen molar-refractivity contribution in [2.75, 3.05) is 17.4 Å². The van der Waals surface area contributed by atoms with E-state index in [2.05, 4.69) is 5.32 Å². The molecular formula is C29H34ClN3O4S. The van der Waals surface area contributed by atoms with Gasteiger partial charge in [0.05, 0.1) is 10.6 Å². The lowest BCUT2D eigenvalue weighted by Gasteiger charge is -2.33.